The number of hydrogen-bond donors (Lipinski definition) is 0. The van der Waals surface area contributed by atoms with Crippen molar-refractivity contribution in [3.8, 4) is 0 Å². The summed E-state index contributed by atoms with van der Waals surface area (Å²) in [5.41, 5.74) is 2.73. The first kappa shape index (κ1) is 12.0. The summed E-state index contributed by atoms with van der Waals surface area (Å²) in [6.45, 7) is 3.43. The SMILES string of the molecule is CC1CCCn2c1cnc2Cc1ccc(Br)cc1. The molecule has 2 nitrogen and oxygen atoms in total. The van der Waals surface area contributed by atoms with E-state index in [2.05, 4.69) is 62.9 Å². The van der Waals surface area contributed by atoms with Crippen LogP contribution in [0.4, 0.5) is 0 Å². The molecule has 1 aliphatic heterocycles. The molecule has 3 rings (SSSR count). The number of imidazole rings is 1. The monoisotopic (exact) mass is 304 g/mol. The van der Waals surface area contributed by atoms with Crippen LogP contribution in [0.3, 0.4) is 0 Å². The third kappa shape index (κ3) is 2.24. The highest BCUT2D eigenvalue weighted by Crippen LogP contribution is 2.28. The van der Waals surface area contributed by atoms with Crippen LogP contribution in [-0.2, 0) is 13.0 Å². The minimum Gasteiger partial charge on any atom is -0.332 e. The Labute approximate surface area is 116 Å². The highest BCUT2D eigenvalue weighted by Gasteiger charge is 2.19. The molecule has 1 unspecified atom stereocenters. The fourth-order valence-corrected chi connectivity index (χ4v) is 2.97. The lowest BCUT2D eigenvalue weighted by Crippen LogP contribution is -2.15. The van der Waals surface area contributed by atoms with E-state index in [1.165, 1.54) is 29.9 Å². The van der Waals surface area contributed by atoms with Crippen LogP contribution >= 0.6 is 15.9 Å². The molecule has 1 atom stereocenters. The number of halogens is 1. The van der Waals surface area contributed by atoms with E-state index in [4.69, 9.17) is 0 Å². The topological polar surface area (TPSA) is 17.8 Å². The summed E-state index contributed by atoms with van der Waals surface area (Å²) in [4.78, 5) is 4.62. The minimum absolute atomic E-state index is 0.657. The minimum atomic E-state index is 0.657. The first-order valence-corrected chi connectivity index (χ1v) is 7.32. The van der Waals surface area contributed by atoms with Crippen molar-refractivity contribution in [3.05, 3.63) is 52.0 Å². The van der Waals surface area contributed by atoms with Crippen LogP contribution < -0.4 is 0 Å². The van der Waals surface area contributed by atoms with Crippen molar-refractivity contribution in [3.63, 3.8) is 0 Å². The van der Waals surface area contributed by atoms with Gasteiger partial charge < -0.3 is 4.57 Å². The molecule has 0 bridgehead atoms. The molecule has 0 radical (unpaired) electrons. The summed E-state index contributed by atoms with van der Waals surface area (Å²) in [6.07, 6.45) is 5.57. The van der Waals surface area contributed by atoms with Gasteiger partial charge in [-0.1, -0.05) is 35.0 Å². The molecule has 1 aromatic heterocycles. The molecular weight excluding hydrogens is 288 g/mol. The standard InChI is InChI=1S/C15H17BrN2/c1-11-3-2-8-18-14(11)10-17-15(18)9-12-4-6-13(16)7-5-12/h4-7,10-11H,2-3,8-9H2,1H3. The van der Waals surface area contributed by atoms with Crippen LogP contribution in [0.25, 0.3) is 0 Å². The summed E-state index contributed by atoms with van der Waals surface area (Å²) < 4.78 is 3.54. The van der Waals surface area contributed by atoms with Crippen molar-refractivity contribution in [1.29, 1.82) is 0 Å². The highest BCUT2D eigenvalue weighted by molar-refractivity contribution is 9.10. The Morgan fingerprint density at radius 2 is 2.11 bits per heavy atom. The first-order valence-electron chi connectivity index (χ1n) is 6.53. The van der Waals surface area contributed by atoms with Gasteiger partial charge in [0, 0.05) is 29.3 Å². The number of aromatic nitrogens is 2. The van der Waals surface area contributed by atoms with Gasteiger partial charge in [-0.05, 0) is 36.5 Å². The number of rotatable bonds is 2. The molecule has 0 saturated heterocycles. The molecule has 1 aromatic carbocycles. The number of nitrogens with zero attached hydrogens (tertiary/aromatic N) is 2. The molecular formula is C15H17BrN2. The summed E-state index contributed by atoms with van der Waals surface area (Å²) >= 11 is 3.47. The van der Waals surface area contributed by atoms with E-state index < -0.39 is 0 Å². The molecule has 0 fully saturated rings. The zero-order valence-electron chi connectivity index (χ0n) is 10.6. The van der Waals surface area contributed by atoms with Crippen molar-refractivity contribution in [2.75, 3.05) is 0 Å². The lowest BCUT2D eigenvalue weighted by molar-refractivity contribution is 0.465. The van der Waals surface area contributed by atoms with Gasteiger partial charge >= 0.3 is 0 Å². The first-order chi connectivity index (χ1) is 8.74. The van der Waals surface area contributed by atoms with E-state index in [0.717, 1.165) is 17.4 Å². The third-order valence-electron chi connectivity index (χ3n) is 3.77. The Morgan fingerprint density at radius 1 is 1.33 bits per heavy atom. The van der Waals surface area contributed by atoms with Gasteiger partial charge in [-0.3, -0.25) is 0 Å². The van der Waals surface area contributed by atoms with E-state index in [0.29, 0.717) is 5.92 Å². The second kappa shape index (κ2) is 4.88. The average molecular weight is 305 g/mol. The predicted octanol–water partition coefficient (Wildman–Crippen LogP) is 4.13. The van der Waals surface area contributed by atoms with Gasteiger partial charge in [0.2, 0.25) is 0 Å². The van der Waals surface area contributed by atoms with Crippen LogP contribution in [0.2, 0.25) is 0 Å². The van der Waals surface area contributed by atoms with Crippen molar-refractivity contribution in [1.82, 2.24) is 9.55 Å². The van der Waals surface area contributed by atoms with E-state index in [-0.39, 0.29) is 0 Å². The smallest absolute Gasteiger partial charge is 0.113 e. The Kier molecular flexibility index (Phi) is 3.25. The second-order valence-corrected chi connectivity index (χ2v) is 6.01. The Balaban J connectivity index is 1.87. The molecule has 1 aliphatic rings. The van der Waals surface area contributed by atoms with Gasteiger partial charge in [-0.15, -0.1) is 0 Å². The maximum absolute atomic E-state index is 4.62. The molecule has 2 heterocycles. The van der Waals surface area contributed by atoms with Crippen LogP contribution in [0, 0.1) is 0 Å². The van der Waals surface area contributed by atoms with Gasteiger partial charge in [-0.2, -0.15) is 0 Å². The van der Waals surface area contributed by atoms with E-state index in [1.54, 1.807) is 0 Å². The molecule has 18 heavy (non-hydrogen) atoms. The van der Waals surface area contributed by atoms with Crippen LogP contribution in [-0.4, -0.2) is 9.55 Å². The average Bonchev–Trinajstić information content (AvgIpc) is 2.77. The van der Waals surface area contributed by atoms with Crippen molar-refractivity contribution < 1.29 is 0 Å². The zero-order valence-corrected chi connectivity index (χ0v) is 12.2. The van der Waals surface area contributed by atoms with Crippen molar-refractivity contribution in [2.45, 2.75) is 38.6 Å². The molecule has 0 spiro atoms. The Bertz CT molecular complexity index is 542. The molecule has 0 amide bonds. The fourth-order valence-electron chi connectivity index (χ4n) is 2.71. The van der Waals surface area contributed by atoms with Gasteiger partial charge in [0.05, 0.1) is 0 Å². The highest BCUT2D eigenvalue weighted by atomic mass is 79.9. The lowest BCUT2D eigenvalue weighted by Gasteiger charge is -2.22. The Morgan fingerprint density at radius 3 is 2.89 bits per heavy atom. The van der Waals surface area contributed by atoms with Gasteiger partial charge in [-0.25, -0.2) is 4.98 Å². The third-order valence-corrected chi connectivity index (χ3v) is 4.30. The summed E-state index contributed by atoms with van der Waals surface area (Å²) in [5.74, 6) is 1.86. The van der Waals surface area contributed by atoms with Crippen LogP contribution in [0.1, 0.15) is 42.8 Å². The molecule has 3 heteroatoms. The predicted molar refractivity (Wildman–Crippen MR) is 76.8 cm³/mol. The molecule has 2 aromatic rings. The van der Waals surface area contributed by atoms with Crippen LogP contribution in [0.15, 0.2) is 34.9 Å². The fraction of sp³-hybridized carbons (Fsp3) is 0.400. The van der Waals surface area contributed by atoms with Crippen LogP contribution in [0.5, 0.6) is 0 Å². The molecule has 0 N–H and O–H groups in total. The maximum Gasteiger partial charge on any atom is 0.113 e. The van der Waals surface area contributed by atoms with Gasteiger partial charge in [0.25, 0.3) is 0 Å². The van der Waals surface area contributed by atoms with Crippen molar-refractivity contribution in [2.24, 2.45) is 0 Å². The second-order valence-electron chi connectivity index (χ2n) is 5.10. The number of fused-ring (bicyclic) bond motifs is 1. The van der Waals surface area contributed by atoms with E-state index in [1.807, 2.05) is 0 Å². The Hall–Kier alpha value is -1.09. The number of benzene rings is 1. The molecule has 0 aliphatic carbocycles. The van der Waals surface area contributed by atoms with Gasteiger partial charge in [0.1, 0.15) is 5.82 Å². The molecule has 94 valence electrons. The lowest BCUT2D eigenvalue weighted by atomic mass is 9.98. The van der Waals surface area contributed by atoms with Gasteiger partial charge in [0.15, 0.2) is 0 Å². The van der Waals surface area contributed by atoms with E-state index >= 15 is 0 Å². The largest absolute Gasteiger partial charge is 0.332 e. The zero-order chi connectivity index (χ0) is 12.5. The normalized spacial score (nSPS) is 18.7. The van der Waals surface area contributed by atoms with Crippen molar-refractivity contribution >= 4 is 15.9 Å². The summed E-state index contributed by atoms with van der Waals surface area (Å²) in [6, 6.07) is 8.52. The quantitative estimate of drug-likeness (QED) is 0.815. The number of hydrogen-bond acceptors (Lipinski definition) is 1. The molecule has 0 saturated carbocycles. The summed E-state index contributed by atoms with van der Waals surface area (Å²) in [5, 5.41) is 0. The maximum atomic E-state index is 4.62. The van der Waals surface area contributed by atoms with E-state index in [9.17, 15) is 0 Å². The summed E-state index contributed by atoms with van der Waals surface area (Å²) in [7, 11) is 0.